The van der Waals surface area contributed by atoms with Crippen LogP contribution >= 0.6 is 0 Å². The van der Waals surface area contributed by atoms with Gasteiger partial charge in [0.1, 0.15) is 23.9 Å². The van der Waals surface area contributed by atoms with E-state index in [9.17, 15) is 34.8 Å². The van der Waals surface area contributed by atoms with E-state index in [0.29, 0.717) is 11.1 Å². The number of hydrogen-bond acceptors (Lipinski definition) is 10. The summed E-state index contributed by atoms with van der Waals surface area (Å²) in [5.74, 6) is -3.78. The van der Waals surface area contributed by atoms with Gasteiger partial charge in [-0.2, -0.15) is 0 Å². The Kier molecular flexibility index (Phi) is 7.66. The Morgan fingerprint density at radius 1 is 1.10 bits per heavy atom. The molecule has 0 radical (unpaired) electrons. The van der Waals surface area contributed by atoms with Gasteiger partial charge >= 0.3 is 11.9 Å². The molecular weight excluding hydrogens is 520 g/mol. The second-order valence-electron chi connectivity index (χ2n) is 11.8. The standard InChI is InChI=1S/C30H38O10/c1-16-19(33)14-30(37)25(39-26(36)18-10-8-7-9-11-18)23-28(5,24(35)22(38-6)21(16)27(30,3)4)13-12-20(34)29(23,15-31)40-17(2)32/h7-13,19-20,22-23,25,31,33-34,37H,14-15H2,1-6H3/t19-,20+,22+,23-,25-,28+,29-,30+/m0/s1. The van der Waals surface area contributed by atoms with Crippen molar-refractivity contribution < 1.29 is 49.0 Å². The van der Waals surface area contributed by atoms with E-state index in [-0.39, 0.29) is 12.0 Å². The summed E-state index contributed by atoms with van der Waals surface area (Å²) in [5, 5.41) is 45.9. The lowest BCUT2D eigenvalue weighted by atomic mass is 9.47. The number of ketones is 1. The van der Waals surface area contributed by atoms with Gasteiger partial charge in [-0.25, -0.2) is 4.79 Å². The van der Waals surface area contributed by atoms with E-state index in [1.807, 2.05) is 0 Å². The molecule has 1 saturated carbocycles. The van der Waals surface area contributed by atoms with Crippen molar-refractivity contribution in [2.75, 3.05) is 13.7 Å². The van der Waals surface area contributed by atoms with Crippen molar-refractivity contribution >= 4 is 17.7 Å². The van der Waals surface area contributed by atoms with Crippen LogP contribution in [-0.2, 0) is 23.8 Å². The number of esters is 2. The smallest absolute Gasteiger partial charge is 0.338 e. The van der Waals surface area contributed by atoms with Gasteiger partial charge < -0.3 is 34.6 Å². The summed E-state index contributed by atoms with van der Waals surface area (Å²) in [7, 11) is 1.33. The number of fused-ring (bicyclic) bond motifs is 3. The molecule has 0 unspecified atom stereocenters. The summed E-state index contributed by atoms with van der Waals surface area (Å²) in [6, 6.07) is 7.99. The van der Waals surface area contributed by atoms with Crippen molar-refractivity contribution in [3.63, 3.8) is 0 Å². The van der Waals surface area contributed by atoms with Crippen molar-refractivity contribution in [1.82, 2.24) is 0 Å². The molecule has 10 heteroatoms. The molecule has 8 atom stereocenters. The van der Waals surface area contributed by atoms with Crippen molar-refractivity contribution in [1.29, 1.82) is 0 Å². The monoisotopic (exact) mass is 558 g/mol. The fraction of sp³-hybridized carbons (Fsp3) is 0.567. The van der Waals surface area contributed by atoms with Gasteiger partial charge in [-0.1, -0.05) is 44.2 Å². The molecule has 3 aliphatic carbocycles. The quantitative estimate of drug-likeness (QED) is 0.308. The topological polar surface area (TPSA) is 160 Å². The lowest BCUT2D eigenvalue weighted by Crippen LogP contribution is -2.75. The minimum atomic E-state index is -2.21. The molecule has 40 heavy (non-hydrogen) atoms. The van der Waals surface area contributed by atoms with Gasteiger partial charge in [0.15, 0.2) is 11.4 Å². The largest absolute Gasteiger partial charge is 0.455 e. The van der Waals surface area contributed by atoms with E-state index in [1.165, 1.54) is 38.3 Å². The van der Waals surface area contributed by atoms with E-state index in [2.05, 4.69) is 0 Å². The van der Waals surface area contributed by atoms with E-state index in [0.717, 1.165) is 6.92 Å². The molecule has 0 saturated heterocycles. The third-order valence-electron chi connectivity index (χ3n) is 9.35. The van der Waals surface area contributed by atoms with Crippen LogP contribution in [0.25, 0.3) is 0 Å². The average Bonchev–Trinajstić information content (AvgIpc) is 2.90. The van der Waals surface area contributed by atoms with Crippen LogP contribution in [0.15, 0.2) is 53.6 Å². The molecule has 10 nitrogen and oxygen atoms in total. The molecule has 1 fully saturated rings. The van der Waals surface area contributed by atoms with Crippen molar-refractivity contribution in [3.8, 4) is 0 Å². The first-order valence-corrected chi connectivity index (χ1v) is 13.2. The lowest BCUT2D eigenvalue weighted by Gasteiger charge is -2.62. The van der Waals surface area contributed by atoms with Crippen LogP contribution < -0.4 is 0 Å². The first kappa shape index (κ1) is 30.1. The van der Waals surface area contributed by atoms with Crippen LogP contribution in [0.4, 0.5) is 0 Å². The molecule has 0 heterocycles. The Morgan fingerprint density at radius 3 is 2.27 bits per heavy atom. The highest BCUT2D eigenvalue weighted by molar-refractivity contribution is 5.95. The maximum atomic E-state index is 14.5. The van der Waals surface area contributed by atoms with E-state index < -0.39 is 76.7 Å². The highest BCUT2D eigenvalue weighted by atomic mass is 16.6. The second-order valence-corrected chi connectivity index (χ2v) is 11.8. The Labute approximate surface area is 233 Å². The van der Waals surface area contributed by atoms with Crippen LogP contribution in [0.2, 0.25) is 0 Å². The number of aliphatic hydroxyl groups is 4. The third-order valence-corrected chi connectivity index (χ3v) is 9.35. The number of hydrogen-bond donors (Lipinski definition) is 4. The molecule has 3 aliphatic rings. The highest BCUT2D eigenvalue weighted by Gasteiger charge is 2.72. The molecule has 0 aliphatic heterocycles. The van der Waals surface area contributed by atoms with Gasteiger partial charge in [-0.05, 0) is 37.1 Å². The van der Waals surface area contributed by atoms with Crippen molar-refractivity contribution in [2.24, 2.45) is 16.7 Å². The predicted octanol–water partition coefficient (Wildman–Crippen LogP) is 1.50. The average molecular weight is 559 g/mol. The fourth-order valence-electron chi connectivity index (χ4n) is 7.12. The zero-order valence-electron chi connectivity index (χ0n) is 23.6. The van der Waals surface area contributed by atoms with Crippen molar-refractivity contribution in [2.45, 2.75) is 76.7 Å². The Morgan fingerprint density at radius 2 is 1.73 bits per heavy atom. The number of aliphatic hydroxyl groups excluding tert-OH is 3. The Hall–Kier alpha value is -2.89. The zero-order chi connectivity index (χ0) is 29.8. The van der Waals surface area contributed by atoms with Gasteiger partial charge in [-0.3, -0.25) is 9.59 Å². The number of benzene rings is 1. The number of carbonyl (C=O) groups is 3. The molecule has 4 N–H and O–H groups in total. The highest BCUT2D eigenvalue weighted by Crippen LogP contribution is 2.61. The first-order chi connectivity index (χ1) is 18.6. The number of Topliss-reactive ketones (excluding diaryl/α,β-unsaturated/α-hetero) is 1. The third kappa shape index (κ3) is 4.16. The van der Waals surface area contributed by atoms with Crippen molar-refractivity contribution in [3.05, 3.63) is 59.2 Å². The number of rotatable bonds is 5. The number of methoxy groups -OCH3 is 1. The fourth-order valence-corrected chi connectivity index (χ4v) is 7.12. The summed E-state index contributed by atoms with van der Waals surface area (Å²) >= 11 is 0. The molecule has 1 aromatic rings. The minimum absolute atomic E-state index is 0.144. The number of carbonyl (C=O) groups excluding carboxylic acids is 3. The zero-order valence-corrected chi connectivity index (χ0v) is 23.6. The number of ether oxygens (including phenoxy) is 3. The van der Waals surface area contributed by atoms with Gasteiger partial charge in [-0.15, -0.1) is 0 Å². The molecular formula is C30H38O10. The molecule has 0 amide bonds. The van der Waals surface area contributed by atoms with Gasteiger partial charge in [0.25, 0.3) is 0 Å². The second kappa shape index (κ2) is 10.2. The minimum Gasteiger partial charge on any atom is -0.455 e. The molecule has 0 aromatic heterocycles. The molecule has 4 rings (SSSR count). The van der Waals surface area contributed by atoms with E-state index in [1.54, 1.807) is 39.0 Å². The van der Waals surface area contributed by atoms with E-state index in [4.69, 9.17) is 14.2 Å². The summed E-state index contributed by atoms with van der Waals surface area (Å²) in [6.07, 6.45) is -3.47. The summed E-state index contributed by atoms with van der Waals surface area (Å²) < 4.78 is 17.5. The summed E-state index contributed by atoms with van der Waals surface area (Å²) in [6.45, 7) is 6.60. The molecule has 218 valence electrons. The Bertz CT molecular complexity index is 1250. The van der Waals surface area contributed by atoms with Crippen LogP contribution in [0.1, 0.15) is 51.4 Å². The predicted molar refractivity (Wildman–Crippen MR) is 142 cm³/mol. The van der Waals surface area contributed by atoms with Gasteiger partial charge in [0, 0.05) is 25.9 Å². The van der Waals surface area contributed by atoms with Crippen LogP contribution in [-0.4, -0.2) is 87.5 Å². The summed E-state index contributed by atoms with van der Waals surface area (Å²) in [4.78, 5) is 40.5. The molecule has 1 aromatic carbocycles. The first-order valence-electron chi connectivity index (χ1n) is 13.2. The van der Waals surface area contributed by atoms with Crippen LogP contribution in [0.5, 0.6) is 0 Å². The maximum absolute atomic E-state index is 14.5. The molecule has 2 bridgehead atoms. The van der Waals surface area contributed by atoms with Crippen LogP contribution in [0, 0.1) is 16.7 Å². The Balaban J connectivity index is 2.11. The maximum Gasteiger partial charge on any atom is 0.338 e. The van der Waals surface area contributed by atoms with E-state index >= 15 is 0 Å². The normalized spacial score (nSPS) is 38.6. The van der Waals surface area contributed by atoms with Crippen LogP contribution in [0.3, 0.4) is 0 Å². The lowest BCUT2D eigenvalue weighted by molar-refractivity contribution is -0.256. The van der Waals surface area contributed by atoms with Gasteiger partial charge in [0.2, 0.25) is 0 Å². The number of allylic oxidation sites excluding steroid dienone is 1. The molecule has 0 spiro atoms. The SMILES string of the molecule is CO[C@H]1C(=O)[C@]2(C)C=C[C@@H](O)[C@](CO)(OC(C)=O)[C@H]2[C@H](OC(=O)c2ccccc2)[C@]2(O)C[C@H](O)C(C)=C1C2(C)C. The summed E-state index contributed by atoms with van der Waals surface area (Å²) in [5.41, 5.74) is -6.43. The van der Waals surface area contributed by atoms with Gasteiger partial charge in [0.05, 0.1) is 29.6 Å².